The number of benzene rings is 1. The Morgan fingerprint density at radius 3 is 2.70 bits per heavy atom. The molecular weight excluding hydrogens is 304 g/mol. The third-order valence-corrected chi connectivity index (χ3v) is 4.06. The second kappa shape index (κ2) is 5.34. The molecule has 1 amide bonds. The average Bonchev–Trinajstić information content (AvgIpc) is 2.69. The lowest BCUT2D eigenvalue weighted by Crippen LogP contribution is -2.17. The fourth-order valence-electron chi connectivity index (χ4n) is 2.04. The van der Waals surface area contributed by atoms with Crippen molar-refractivity contribution >= 4 is 36.5 Å². The molecule has 2 rings (SSSR count). The Kier molecular flexibility index (Phi) is 3.92. The molecule has 0 unspecified atom stereocenters. The molecule has 0 atom stereocenters. The van der Waals surface area contributed by atoms with Crippen LogP contribution in [0, 0.1) is 0 Å². The van der Waals surface area contributed by atoms with Crippen LogP contribution in [0.15, 0.2) is 29.3 Å². The smallest absolute Gasteiger partial charge is 0.263 e. The van der Waals surface area contributed by atoms with Gasteiger partial charge >= 0.3 is 0 Å². The van der Waals surface area contributed by atoms with E-state index in [-0.39, 0.29) is 11.4 Å². The number of amides is 1. The second-order valence-electron chi connectivity index (χ2n) is 4.11. The van der Waals surface area contributed by atoms with Crippen LogP contribution in [0.3, 0.4) is 0 Å². The van der Waals surface area contributed by atoms with Crippen molar-refractivity contribution in [3.05, 3.63) is 24.4 Å². The number of nitrogens with two attached hydrogens (primary N) is 1. The fraction of sp³-hybridized carbons (Fsp3) is 0.250. The molecule has 0 fully saturated rings. The van der Waals surface area contributed by atoms with E-state index in [1.54, 1.807) is 25.1 Å². The van der Waals surface area contributed by atoms with Crippen molar-refractivity contribution in [3.8, 4) is 5.75 Å². The lowest BCUT2D eigenvalue weighted by atomic mass is 10.2. The van der Waals surface area contributed by atoms with Crippen LogP contribution in [0.2, 0.25) is 0 Å². The number of rotatable bonds is 5. The Morgan fingerprint density at radius 2 is 2.15 bits per heavy atom. The number of carbonyl (C=O) groups excluding carboxylic acids is 1. The molecule has 0 saturated carbocycles. The van der Waals surface area contributed by atoms with Crippen LogP contribution in [0.1, 0.15) is 6.92 Å². The van der Waals surface area contributed by atoms with Crippen molar-refractivity contribution in [1.82, 2.24) is 4.57 Å². The lowest BCUT2D eigenvalue weighted by Gasteiger charge is -2.06. The van der Waals surface area contributed by atoms with Crippen LogP contribution in [-0.4, -0.2) is 25.5 Å². The number of aromatic nitrogens is 1. The van der Waals surface area contributed by atoms with E-state index in [1.165, 1.54) is 10.8 Å². The van der Waals surface area contributed by atoms with Crippen molar-refractivity contribution in [2.45, 2.75) is 18.4 Å². The summed E-state index contributed by atoms with van der Waals surface area (Å²) < 4.78 is 30.2. The van der Waals surface area contributed by atoms with E-state index in [0.29, 0.717) is 23.3 Å². The Bertz CT molecular complexity index is 767. The van der Waals surface area contributed by atoms with Crippen molar-refractivity contribution in [1.29, 1.82) is 0 Å². The van der Waals surface area contributed by atoms with Gasteiger partial charge in [-0.3, -0.25) is 4.79 Å². The molecule has 20 heavy (non-hydrogen) atoms. The normalized spacial score (nSPS) is 11.7. The second-order valence-corrected chi connectivity index (χ2v) is 6.64. The number of hydrogen-bond donors (Lipinski definition) is 1. The zero-order valence-corrected chi connectivity index (χ0v) is 12.2. The molecule has 8 heteroatoms. The number of nitrogens with zero attached hydrogens (tertiary/aromatic N) is 1. The summed E-state index contributed by atoms with van der Waals surface area (Å²) in [6.45, 7) is 2.02. The number of hydrogen-bond acceptors (Lipinski definition) is 4. The van der Waals surface area contributed by atoms with Crippen molar-refractivity contribution < 1.29 is 17.9 Å². The van der Waals surface area contributed by atoms with E-state index in [2.05, 4.69) is 0 Å². The third-order valence-electron chi connectivity index (χ3n) is 2.72. The summed E-state index contributed by atoms with van der Waals surface area (Å²) in [6.07, 6.45) is 1.29. The van der Waals surface area contributed by atoms with Gasteiger partial charge < -0.3 is 15.0 Å². The van der Waals surface area contributed by atoms with Gasteiger partial charge in [0.25, 0.3) is 9.05 Å². The first-order valence-corrected chi connectivity index (χ1v) is 8.13. The van der Waals surface area contributed by atoms with Gasteiger partial charge in [-0.05, 0) is 19.1 Å². The van der Waals surface area contributed by atoms with E-state index in [0.717, 1.165) is 0 Å². The summed E-state index contributed by atoms with van der Waals surface area (Å²) >= 11 is 0. The highest BCUT2D eigenvalue weighted by atomic mass is 35.7. The first-order chi connectivity index (χ1) is 9.34. The predicted octanol–water partition coefficient (Wildman–Crippen LogP) is 1.45. The molecule has 1 aromatic carbocycles. The lowest BCUT2D eigenvalue weighted by molar-refractivity contribution is -0.118. The Labute approximate surface area is 120 Å². The van der Waals surface area contributed by atoms with Crippen LogP contribution in [-0.2, 0) is 20.4 Å². The van der Waals surface area contributed by atoms with Gasteiger partial charge in [0.15, 0.2) is 0 Å². The highest BCUT2D eigenvalue weighted by Crippen LogP contribution is 2.35. The summed E-state index contributed by atoms with van der Waals surface area (Å²) in [5.41, 5.74) is 5.68. The highest BCUT2D eigenvalue weighted by molar-refractivity contribution is 8.14. The van der Waals surface area contributed by atoms with Gasteiger partial charge in [-0.2, -0.15) is 0 Å². The predicted molar refractivity (Wildman–Crippen MR) is 75.3 cm³/mol. The molecule has 0 aliphatic rings. The molecule has 0 radical (unpaired) electrons. The van der Waals surface area contributed by atoms with Crippen molar-refractivity contribution in [3.63, 3.8) is 0 Å². The number of ether oxygens (including phenoxy) is 1. The zero-order chi connectivity index (χ0) is 14.9. The first kappa shape index (κ1) is 14.7. The van der Waals surface area contributed by atoms with E-state index >= 15 is 0 Å². The summed E-state index contributed by atoms with van der Waals surface area (Å²) in [4.78, 5) is 11.0. The van der Waals surface area contributed by atoms with Gasteiger partial charge in [-0.15, -0.1) is 0 Å². The largest absolute Gasteiger partial charge is 0.493 e. The minimum Gasteiger partial charge on any atom is -0.493 e. The summed E-state index contributed by atoms with van der Waals surface area (Å²) in [6, 6.07) is 5.02. The van der Waals surface area contributed by atoms with Gasteiger partial charge in [0.1, 0.15) is 17.2 Å². The molecule has 2 N–H and O–H groups in total. The number of halogens is 1. The summed E-state index contributed by atoms with van der Waals surface area (Å²) in [5, 5.41) is 0.352. The maximum Gasteiger partial charge on any atom is 0.263 e. The van der Waals surface area contributed by atoms with Crippen LogP contribution in [0.4, 0.5) is 0 Å². The first-order valence-electron chi connectivity index (χ1n) is 5.82. The van der Waals surface area contributed by atoms with Gasteiger partial charge in [0.05, 0.1) is 17.5 Å². The van der Waals surface area contributed by atoms with E-state index in [1.807, 2.05) is 0 Å². The van der Waals surface area contributed by atoms with Gasteiger partial charge in [-0.25, -0.2) is 8.42 Å². The van der Waals surface area contributed by atoms with E-state index in [9.17, 15) is 13.2 Å². The minimum absolute atomic E-state index is 0.0977. The van der Waals surface area contributed by atoms with E-state index in [4.69, 9.17) is 21.2 Å². The molecule has 1 heterocycles. The molecule has 0 saturated heterocycles. The quantitative estimate of drug-likeness (QED) is 0.845. The average molecular weight is 317 g/mol. The number of carbonyl (C=O) groups is 1. The standard InChI is InChI=1S/C12H13ClN2O4S/c1-2-19-9-5-3-4-8-12(9)10(20(13,17)18)6-15(8)7-11(14)16/h3-6H,2,7H2,1H3,(H2,14,16). The van der Waals surface area contributed by atoms with Crippen LogP contribution in [0.5, 0.6) is 5.75 Å². The Hall–Kier alpha value is -1.73. The van der Waals surface area contributed by atoms with Crippen molar-refractivity contribution in [2.75, 3.05) is 6.61 Å². The fourth-order valence-corrected chi connectivity index (χ4v) is 3.09. The Morgan fingerprint density at radius 1 is 1.45 bits per heavy atom. The van der Waals surface area contributed by atoms with Gasteiger partial charge in [0.2, 0.25) is 5.91 Å². The Balaban J connectivity index is 2.80. The number of fused-ring (bicyclic) bond motifs is 1. The molecule has 0 aliphatic heterocycles. The minimum atomic E-state index is -3.97. The molecule has 1 aromatic heterocycles. The summed E-state index contributed by atoms with van der Waals surface area (Å²) in [7, 11) is 1.48. The molecule has 0 aliphatic carbocycles. The van der Waals surface area contributed by atoms with Crippen LogP contribution in [0.25, 0.3) is 10.9 Å². The van der Waals surface area contributed by atoms with Crippen LogP contribution >= 0.6 is 10.7 Å². The zero-order valence-electron chi connectivity index (χ0n) is 10.7. The van der Waals surface area contributed by atoms with Crippen molar-refractivity contribution in [2.24, 2.45) is 5.73 Å². The molecule has 108 valence electrons. The van der Waals surface area contributed by atoms with Gasteiger partial charge in [-0.1, -0.05) is 6.07 Å². The molecule has 2 aromatic rings. The maximum atomic E-state index is 11.7. The number of primary amides is 1. The SMILES string of the molecule is CCOc1cccc2c1c(S(=O)(=O)Cl)cn2CC(N)=O. The topological polar surface area (TPSA) is 91.4 Å². The molecule has 0 bridgehead atoms. The van der Waals surface area contributed by atoms with Crippen LogP contribution < -0.4 is 10.5 Å². The van der Waals surface area contributed by atoms with E-state index < -0.39 is 15.0 Å². The molecule has 6 nitrogen and oxygen atoms in total. The molecule has 0 spiro atoms. The highest BCUT2D eigenvalue weighted by Gasteiger charge is 2.22. The monoisotopic (exact) mass is 316 g/mol. The van der Waals surface area contributed by atoms with Gasteiger partial charge in [0, 0.05) is 16.9 Å². The third kappa shape index (κ3) is 2.73. The molecular formula is C12H13ClN2O4S. The summed E-state index contributed by atoms with van der Waals surface area (Å²) in [5.74, 6) is -0.185. The maximum absolute atomic E-state index is 11.7.